The molecule has 22 heavy (non-hydrogen) atoms. The van der Waals surface area contributed by atoms with Crippen LogP contribution in [0.2, 0.25) is 0 Å². The Hall–Kier alpha value is -2.41. The molecule has 0 fully saturated rings. The number of nitrogens with one attached hydrogen (secondary N) is 2. The Morgan fingerprint density at radius 3 is 2.41 bits per heavy atom. The highest BCUT2D eigenvalue weighted by atomic mass is 19.1. The predicted octanol–water partition coefficient (Wildman–Crippen LogP) is 1.80. The Morgan fingerprint density at radius 1 is 1.14 bits per heavy atom. The minimum absolute atomic E-state index is 0.285. The topological polar surface area (TPSA) is 66.3 Å². The molecule has 0 radical (unpaired) electrons. The summed E-state index contributed by atoms with van der Waals surface area (Å²) in [5, 5.41) is 14.7. The molecule has 118 valence electrons. The van der Waals surface area contributed by atoms with Gasteiger partial charge in [0.25, 0.3) is 0 Å². The van der Waals surface area contributed by atoms with Gasteiger partial charge in [-0.25, -0.2) is 13.6 Å². The second kappa shape index (κ2) is 7.56. The summed E-state index contributed by atoms with van der Waals surface area (Å²) in [6.07, 6.45) is 2.28. The summed E-state index contributed by atoms with van der Waals surface area (Å²) in [4.78, 5) is 11.5. The van der Waals surface area contributed by atoms with Crippen molar-refractivity contribution < 1.29 is 18.7 Å². The van der Waals surface area contributed by atoms with Crippen molar-refractivity contribution in [3.05, 3.63) is 59.9 Å². The molecule has 1 unspecified atom stereocenters. The van der Waals surface area contributed by atoms with Crippen molar-refractivity contribution in [3.63, 3.8) is 0 Å². The average molecular weight is 309 g/mol. The van der Waals surface area contributed by atoms with E-state index < -0.39 is 29.3 Å². The van der Waals surface area contributed by atoms with Crippen LogP contribution in [0.15, 0.2) is 42.7 Å². The van der Waals surface area contributed by atoms with Gasteiger partial charge in [0.05, 0.1) is 5.56 Å². The molecule has 1 aromatic heterocycles. The van der Waals surface area contributed by atoms with Gasteiger partial charge in [-0.1, -0.05) is 6.07 Å². The van der Waals surface area contributed by atoms with Crippen LogP contribution in [0.5, 0.6) is 0 Å². The molecule has 0 aliphatic heterocycles. The molecule has 2 rings (SSSR count). The molecular formula is C15H17F2N3O2. The number of halogens is 2. The molecule has 1 aromatic carbocycles. The standard InChI is InChI=1S/C15H17F2N3O2/c16-11-4-3-5-12(17)14(11)13(21)10-19-15(22)18-6-9-20-7-1-2-8-20/h1-5,7-8,13,21H,6,9-10H2,(H2,18,19,22). The highest BCUT2D eigenvalue weighted by Crippen LogP contribution is 2.19. The van der Waals surface area contributed by atoms with Gasteiger partial charge in [-0.3, -0.25) is 0 Å². The van der Waals surface area contributed by atoms with Crippen molar-refractivity contribution in [2.75, 3.05) is 13.1 Å². The van der Waals surface area contributed by atoms with Crippen LogP contribution in [0, 0.1) is 11.6 Å². The van der Waals surface area contributed by atoms with Gasteiger partial charge in [0.2, 0.25) is 0 Å². The highest BCUT2D eigenvalue weighted by Gasteiger charge is 2.18. The normalized spacial score (nSPS) is 12.0. The van der Waals surface area contributed by atoms with Crippen molar-refractivity contribution in [2.45, 2.75) is 12.6 Å². The fourth-order valence-electron chi connectivity index (χ4n) is 2.00. The van der Waals surface area contributed by atoms with E-state index in [1.54, 1.807) is 0 Å². The first kappa shape index (κ1) is 16.0. The van der Waals surface area contributed by atoms with Crippen LogP contribution in [0.3, 0.4) is 0 Å². The summed E-state index contributed by atoms with van der Waals surface area (Å²) in [5.74, 6) is -1.69. The van der Waals surface area contributed by atoms with E-state index >= 15 is 0 Å². The maximum absolute atomic E-state index is 13.5. The van der Waals surface area contributed by atoms with E-state index in [-0.39, 0.29) is 6.54 Å². The summed E-state index contributed by atoms with van der Waals surface area (Å²) in [5.41, 5.74) is -0.449. The van der Waals surface area contributed by atoms with E-state index in [9.17, 15) is 18.7 Å². The van der Waals surface area contributed by atoms with Gasteiger partial charge < -0.3 is 20.3 Å². The van der Waals surface area contributed by atoms with E-state index in [1.165, 1.54) is 6.07 Å². The van der Waals surface area contributed by atoms with Gasteiger partial charge in [0, 0.05) is 32.0 Å². The number of amides is 2. The maximum Gasteiger partial charge on any atom is 0.314 e. The van der Waals surface area contributed by atoms with Crippen LogP contribution in [0.25, 0.3) is 0 Å². The first-order chi connectivity index (χ1) is 10.6. The monoisotopic (exact) mass is 309 g/mol. The molecule has 2 aromatic rings. The van der Waals surface area contributed by atoms with E-state index in [2.05, 4.69) is 10.6 Å². The molecule has 0 saturated carbocycles. The fraction of sp³-hybridized carbons (Fsp3) is 0.267. The third-order valence-electron chi connectivity index (χ3n) is 3.11. The number of aromatic nitrogens is 1. The van der Waals surface area contributed by atoms with Crippen LogP contribution in [-0.4, -0.2) is 28.8 Å². The van der Waals surface area contributed by atoms with Crippen LogP contribution in [-0.2, 0) is 6.54 Å². The summed E-state index contributed by atoms with van der Waals surface area (Å²) in [7, 11) is 0. The SMILES string of the molecule is O=C(NCCn1cccc1)NCC(O)c1c(F)cccc1F. The van der Waals surface area contributed by atoms with Gasteiger partial charge in [-0.05, 0) is 24.3 Å². The van der Waals surface area contributed by atoms with E-state index in [0.717, 1.165) is 12.1 Å². The summed E-state index contributed by atoms with van der Waals surface area (Å²) >= 11 is 0. The minimum atomic E-state index is -1.45. The van der Waals surface area contributed by atoms with Crippen LogP contribution >= 0.6 is 0 Å². The Labute approximate surface area is 126 Å². The number of aliphatic hydroxyl groups excluding tert-OH is 1. The zero-order valence-corrected chi connectivity index (χ0v) is 11.8. The average Bonchev–Trinajstić information content (AvgIpc) is 2.98. The van der Waals surface area contributed by atoms with Crippen molar-refractivity contribution in [3.8, 4) is 0 Å². The van der Waals surface area contributed by atoms with Gasteiger partial charge >= 0.3 is 6.03 Å². The Balaban J connectivity index is 1.76. The smallest absolute Gasteiger partial charge is 0.314 e. The van der Waals surface area contributed by atoms with Crippen molar-refractivity contribution in [1.29, 1.82) is 0 Å². The quantitative estimate of drug-likeness (QED) is 0.762. The predicted molar refractivity (Wildman–Crippen MR) is 77.2 cm³/mol. The molecule has 0 aliphatic carbocycles. The van der Waals surface area contributed by atoms with Crippen LogP contribution < -0.4 is 10.6 Å². The summed E-state index contributed by atoms with van der Waals surface area (Å²) < 4.78 is 28.8. The van der Waals surface area contributed by atoms with Gasteiger partial charge in [-0.15, -0.1) is 0 Å². The van der Waals surface area contributed by atoms with E-state index in [0.29, 0.717) is 13.1 Å². The maximum atomic E-state index is 13.5. The lowest BCUT2D eigenvalue weighted by atomic mass is 10.1. The Bertz CT molecular complexity index is 597. The molecule has 0 spiro atoms. The summed E-state index contributed by atoms with van der Waals surface area (Å²) in [6.45, 7) is 0.711. The second-order valence-corrected chi connectivity index (χ2v) is 4.71. The Kier molecular flexibility index (Phi) is 5.48. The molecule has 3 N–H and O–H groups in total. The summed E-state index contributed by atoms with van der Waals surface area (Å²) in [6, 6.07) is 6.56. The van der Waals surface area contributed by atoms with Gasteiger partial charge in [0.1, 0.15) is 17.7 Å². The molecular weight excluding hydrogens is 292 g/mol. The van der Waals surface area contributed by atoms with E-state index in [4.69, 9.17) is 0 Å². The third kappa shape index (κ3) is 4.29. The third-order valence-corrected chi connectivity index (χ3v) is 3.11. The molecule has 5 nitrogen and oxygen atoms in total. The first-order valence-electron chi connectivity index (χ1n) is 6.82. The van der Waals surface area contributed by atoms with Crippen LogP contribution in [0.4, 0.5) is 13.6 Å². The zero-order chi connectivity index (χ0) is 15.9. The fourth-order valence-corrected chi connectivity index (χ4v) is 2.00. The number of benzene rings is 1. The van der Waals surface area contributed by atoms with Crippen LogP contribution in [0.1, 0.15) is 11.7 Å². The Morgan fingerprint density at radius 2 is 1.77 bits per heavy atom. The highest BCUT2D eigenvalue weighted by molar-refractivity contribution is 5.73. The number of aliphatic hydroxyl groups is 1. The molecule has 0 saturated heterocycles. The minimum Gasteiger partial charge on any atom is -0.386 e. The zero-order valence-electron chi connectivity index (χ0n) is 11.8. The molecule has 2 amide bonds. The van der Waals surface area contributed by atoms with E-state index in [1.807, 2.05) is 29.1 Å². The van der Waals surface area contributed by atoms with Gasteiger partial charge in [-0.2, -0.15) is 0 Å². The number of hydrogen-bond acceptors (Lipinski definition) is 2. The number of carbonyl (C=O) groups excluding carboxylic acids is 1. The molecule has 1 atom stereocenters. The lowest BCUT2D eigenvalue weighted by molar-refractivity contribution is 0.164. The van der Waals surface area contributed by atoms with Crippen molar-refractivity contribution in [1.82, 2.24) is 15.2 Å². The largest absolute Gasteiger partial charge is 0.386 e. The first-order valence-corrected chi connectivity index (χ1v) is 6.82. The van der Waals surface area contributed by atoms with Crippen molar-refractivity contribution >= 4 is 6.03 Å². The number of rotatable bonds is 6. The molecule has 0 aliphatic rings. The number of nitrogens with zero attached hydrogens (tertiary/aromatic N) is 1. The number of carbonyl (C=O) groups is 1. The van der Waals surface area contributed by atoms with Gasteiger partial charge in [0.15, 0.2) is 0 Å². The van der Waals surface area contributed by atoms with Crippen molar-refractivity contribution in [2.24, 2.45) is 0 Å². The second-order valence-electron chi connectivity index (χ2n) is 4.71. The number of urea groups is 1. The molecule has 1 heterocycles. The number of hydrogen-bond donors (Lipinski definition) is 3. The lowest BCUT2D eigenvalue weighted by Gasteiger charge is -2.14. The lowest BCUT2D eigenvalue weighted by Crippen LogP contribution is -2.39. The molecule has 0 bridgehead atoms. The molecule has 7 heteroatoms.